The summed E-state index contributed by atoms with van der Waals surface area (Å²) in [6.45, 7) is 3.74. The quantitative estimate of drug-likeness (QED) is 0.540. The third-order valence-electron chi connectivity index (χ3n) is 1.33. The monoisotopic (exact) mass is 165 g/mol. The molecule has 2 nitrogen and oxygen atoms in total. The van der Waals surface area contributed by atoms with Crippen LogP contribution in [0.25, 0.3) is 0 Å². The summed E-state index contributed by atoms with van der Waals surface area (Å²) in [6, 6.07) is 0. The summed E-state index contributed by atoms with van der Waals surface area (Å²) in [5, 5.41) is 0. The molecule has 0 aliphatic carbocycles. The number of ether oxygens (including phenoxy) is 1. The molecule has 0 saturated carbocycles. The van der Waals surface area contributed by atoms with Crippen LogP contribution in [0.3, 0.4) is 0 Å². The number of hydrogen-bond donors (Lipinski definition) is 0. The Morgan fingerprint density at radius 3 is 2.33 bits per heavy atom. The summed E-state index contributed by atoms with van der Waals surface area (Å²) in [5.74, 6) is 0. The molecule has 0 N–H and O–H groups in total. The summed E-state index contributed by atoms with van der Waals surface area (Å²) < 4.78 is 7.44. The Hall–Kier alpha value is 0.490. The number of nitrogens with zero attached hydrogens (tertiary/aromatic N) is 1. The topological polar surface area (TPSA) is 12.5 Å². The molecule has 1 rings (SSSR count). The van der Waals surface area contributed by atoms with E-state index in [9.17, 15) is 0 Å². The van der Waals surface area contributed by atoms with Crippen LogP contribution in [-0.4, -0.2) is 36.9 Å². The van der Waals surface area contributed by atoms with Gasteiger partial charge in [-0.1, -0.05) is 9.64 Å². The normalized spacial score (nSPS) is 25.9. The maximum absolute atomic E-state index is 5.17. The zero-order chi connectivity index (χ0) is 6.69. The van der Waals surface area contributed by atoms with E-state index in [4.69, 9.17) is 15.9 Å². The third-order valence-corrected chi connectivity index (χ3v) is 3.06. The predicted molar refractivity (Wildman–Crippen MR) is 43.0 cm³/mol. The molecule has 1 saturated heterocycles. The highest BCUT2D eigenvalue weighted by molar-refractivity contribution is 8.27. The molecule has 1 heterocycles. The fourth-order valence-electron chi connectivity index (χ4n) is 0.804. The van der Waals surface area contributed by atoms with Crippen molar-refractivity contribution >= 4 is 20.8 Å². The Bertz CT molecular complexity index is 112. The van der Waals surface area contributed by atoms with Gasteiger partial charge in [-0.25, -0.2) is 4.31 Å². The van der Waals surface area contributed by atoms with Crippen molar-refractivity contribution in [3.8, 4) is 0 Å². The molecule has 1 fully saturated rings. The Labute approximate surface area is 62.9 Å². The van der Waals surface area contributed by atoms with Crippen LogP contribution in [0.1, 0.15) is 0 Å². The van der Waals surface area contributed by atoms with Gasteiger partial charge in [0.05, 0.1) is 13.2 Å². The molecule has 1 aliphatic rings. The van der Waals surface area contributed by atoms with Crippen LogP contribution in [0.5, 0.6) is 0 Å². The van der Waals surface area contributed by atoms with Crippen molar-refractivity contribution in [2.45, 2.75) is 0 Å². The van der Waals surface area contributed by atoms with E-state index in [1.54, 1.807) is 0 Å². The van der Waals surface area contributed by atoms with Crippen molar-refractivity contribution in [2.24, 2.45) is 0 Å². The fraction of sp³-hybridized carbons (Fsp3) is 1.00. The summed E-state index contributed by atoms with van der Waals surface area (Å²) >= 11 is 5.10. The van der Waals surface area contributed by atoms with Crippen molar-refractivity contribution in [1.82, 2.24) is 4.31 Å². The Kier molecular flexibility index (Phi) is 3.04. The van der Waals surface area contributed by atoms with Gasteiger partial charge in [0, 0.05) is 19.3 Å². The van der Waals surface area contributed by atoms with E-state index < -0.39 is 0 Å². The molecular formula is C5H11NOS2. The molecule has 0 spiro atoms. The highest BCUT2D eigenvalue weighted by Crippen LogP contribution is 1.98. The molecular weight excluding hydrogens is 154 g/mol. The first-order chi connectivity index (χ1) is 4.30. The van der Waals surface area contributed by atoms with E-state index in [1.807, 2.05) is 0 Å². The molecule has 0 amide bonds. The van der Waals surface area contributed by atoms with Crippen molar-refractivity contribution in [1.29, 1.82) is 0 Å². The average Bonchev–Trinajstić information content (AvgIpc) is 1.90. The summed E-state index contributed by atoms with van der Waals surface area (Å²) in [5.41, 5.74) is 0. The molecule has 9 heavy (non-hydrogen) atoms. The standard InChI is InChI=1S/C5H11NOS2/c1-9(8)6-2-4-7-5-3-6/h2-5H2,1H3. The third kappa shape index (κ3) is 2.29. The molecule has 1 atom stereocenters. The van der Waals surface area contributed by atoms with Gasteiger partial charge in [-0.3, -0.25) is 0 Å². The van der Waals surface area contributed by atoms with Gasteiger partial charge in [-0.15, -0.1) is 0 Å². The van der Waals surface area contributed by atoms with Crippen LogP contribution in [0.15, 0.2) is 0 Å². The molecule has 1 unspecified atom stereocenters. The Morgan fingerprint density at radius 2 is 2.00 bits per heavy atom. The van der Waals surface area contributed by atoms with Crippen molar-refractivity contribution in [2.75, 3.05) is 32.6 Å². The van der Waals surface area contributed by atoms with Crippen LogP contribution in [0.4, 0.5) is 0 Å². The van der Waals surface area contributed by atoms with E-state index in [2.05, 4.69) is 10.6 Å². The summed E-state index contributed by atoms with van der Waals surface area (Å²) in [4.78, 5) is 0. The first-order valence-electron chi connectivity index (χ1n) is 2.97. The van der Waals surface area contributed by atoms with Gasteiger partial charge >= 0.3 is 0 Å². The minimum atomic E-state index is 0.0347. The lowest BCUT2D eigenvalue weighted by Crippen LogP contribution is -2.36. The van der Waals surface area contributed by atoms with Gasteiger partial charge < -0.3 is 4.74 Å². The molecule has 4 heteroatoms. The maximum Gasteiger partial charge on any atom is 0.0603 e. The molecule has 0 bridgehead atoms. The van der Waals surface area contributed by atoms with Gasteiger partial charge in [0.1, 0.15) is 0 Å². The van der Waals surface area contributed by atoms with E-state index >= 15 is 0 Å². The summed E-state index contributed by atoms with van der Waals surface area (Å²) in [7, 11) is 0.0347. The van der Waals surface area contributed by atoms with E-state index in [0.29, 0.717) is 0 Å². The first kappa shape index (κ1) is 7.60. The summed E-state index contributed by atoms with van der Waals surface area (Å²) in [6.07, 6.45) is 2.07. The molecule has 1 aliphatic heterocycles. The largest absolute Gasteiger partial charge is 0.379 e. The second-order valence-corrected chi connectivity index (χ2v) is 4.78. The van der Waals surface area contributed by atoms with Crippen LogP contribution >= 0.6 is 0 Å². The van der Waals surface area contributed by atoms with Crippen LogP contribution in [-0.2, 0) is 25.6 Å². The van der Waals surface area contributed by atoms with E-state index in [1.165, 1.54) is 0 Å². The average molecular weight is 165 g/mol. The highest BCUT2D eigenvalue weighted by atomic mass is 32.8. The number of hydrogen-bond acceptors (Lipinski definition) is 2. The van der Waals surface area contributed by atoms with Gasteiger partial charge in [-0.2, -0.15) is 0 Å². The number of morpholine rings is 1. The Morgan fingerprint density at radius 1 is 1.44 bits per heavy atom. The highest BCUT2D eigenvalue weighted by Gasteiger charge is 2.09. The van der Waals surface area contributed by atoms with Gasteiger partial charge in [0.25, 0.3) is 0 Å². The lowest BCUT2D eigenvalue weighted by molar-refractivity contribution is 0.0769. The molecule has 0 aromatic rings. The minimum absolute atomic E-state index is 0.0347. The molecule has 54 valence electrons. The minimum Gasteiger partial charge on any atom is -0.379 e. The van der Waals surface area contributed by atoms with Gasteiger partial charge in [-0.05, 0) is 11.2 Å². The lowest BCUT2D eigenvalue weighted by Gasteiger charge is -2.25. The second-order valence-electron chi connectivity index (χ2n) is 1.97. The SMILES string of the molecule is CS(=S)N1CCOCC1. The van der Waals surface area contributed by atoms with Gasteiger partial charge in [0.15, 0.2) is 0 Å². The zero-order valence-corrected chi connectivity index (χ0v) is 7.13. The van der Waals surface area contributed by atoms with Crippen molar-refractivity contribution in [3.63, 3.8) is 0 Å². The molecule has 0 radical (unpaired) electrons. The van der Waals surface area contributed by atoms with Gasteiger partial charge in [0.2, 0.25) is 0 Å². The lowest BCUT2D eigenvalue weighted by atomic mass is 10.5. The maximum atomic E-state index is 5.17. The number of rotatable bonds is 1. The van der Waals surface area contributed by atoms with Crippen LogP contribution in [0, 0.1) is 0 Å². The first-order valence-corrected chi connectivity index (χ1v) is 5.48. The zero-order valence-electron chi connectivity index (χ0n) is 5.50. The van der Waals surface area contributed by atoms with Crippen molar-refractivity contribution in [3.05, 3.63) is 0 Å². The van der Waals surface area contributed by atoms with E-state index in [-0.39, 0.29) is 9.64 Å². The second kappa shape index (κ2) is 3.61. The smallest absolute Gasteiger partial charge is 0.0603 e. The van der Waals surface area contributed by atoms with Crippen LogP contribution in [0.2, 0.25) is 0 Å². The molecule has 0 aromatic heterocycles. The van der Waals surface area contributed by atoms with E-state index in [0.717, 1.165) is 26.3 Å². The fourth-order valence-corrected chi connectivity index (χ4v) is 1.91. The predicted octanol–water partition coefficient (Wildman–Crippen LogP) is -0.0564. The Balaban J connectivity index is 2.31. The molecule has 0 aromatic carbocycles. The van der Waals surface area contributed by atoms with Crippen LogP contribution < -0.4 is 0 Å². The van der Waals surface area contributed by atoms with Crippen molar-refractivity contribution < 1.29 is 4.74 Å².